The minimum absolute atomic E-state index is 0.0265. The van der Waals surface area contributed by atoms with Crippen LogP contribution in [0.3, 0.4) is 0 Å². The molecule has 0 unspecified atom stereocenters. The van der Waals surface area contributed by atoms with Crippen molar-refractivity contribution in [3.63, 3.8) is 0 Å². The first-order chi connectivity index (χ1) is 13.6. The van der Waals surface area contributed by atoms with Crippen LogP contribution >= 0.6 is 0 Å². The highest BCUT2D eigenvalue weighted by molar-refractivity contribution is 6.07. The number of para-hydroxylation sites is 1. The molecule has 1 spiro atoms. The number of likely N-dealkylation sites (tertiary alicyclic amines) is 1. The van der Waals surface area contributed by atoms with Gasteiger partial charge in [0.2, 0.25) is 5.91 Å². The fourth-order valence-electron chi connectivity index (χ4n) is 4.31. The summed E-state index contributed by atoms with van der Waals surface area (Å²) in [6, 6.07) is 11.1. The minimum atomic E-state index is -0.677. The molecule has 2 aliphatic rings. The highest BCUT2D eigenvalue weighted by Crippen LogP contribution is 2.43. The van der Waals surface area contributed by atoms with Crippen molar-refractivity contribution in [3.05, 3.63) is 54.0 Å². The second kappa shape index (κ2) is 6.05. The van der Waals surface area contributed by atoms with Gasteiger partial charge in [0.05, 0.1) is 11.1 Å². The molecule has 28 heavy (non-hydrogen) atoms. The molecular formula is C20H20N6O2. The number of amides is 3. The monoisotopic (exact) mass is 376 g/mol. The lowest BCUT2D eigenvalue weighted by molar-refractivity contribution is -0.122. The molecule has 2 aromatic heterocycles. The first kappa shape index (κ1) is 16.7. The maximum atomic E-state index is 13.0. The van der Waals surface area contributed by atoms with Crippen LogP contribution < -0.4 is 10.6 Å². The third-order valence-corrected chi connectivity index (χ3v) is 5.61. The third-order valence-electron chi connectivity index (χ3n) is 5.61. The number of carbonyl (C=O) groups is 2. The molecule has 1 atom stereocenters. The fourth-order valence-corrected chi connectivity index (χ4v) is 4.31. The molecule has 1 aromatic carbocycles. The number of carbonyl (C=O) groups excluding carboxylic acids is 2. The maximum absolute atomic E-state index is 13.0. The van der Waals surface area contributed by atoms with Crippen LogP contribution in [0.2, 0.25) is 0 Å². The number of hydrogen-bond donors (Lipinski definition) is 2. The fraction of sp³-hybridized carbons (Fsp3) is 0.300. The van der Waals surface area contributed by atoms with Gasteiger partial charge in [0, 0.05) is 25.0 Å². The number of pyridine rings is 1. The van der Waals surface area contributed by atoms with Crippen LogP contribution in [0.25, 0.3) is 5.65 Å². The topological polar surface area (TPSA) is 91.6 Å². The van der Waals surface area contributed by atoms with E-state index in [0.29, 0.717) is 30.2 Å². The SMILES string of the molecule is Cc1nc2c(NC(=O)N3CCC[C@@]4(C3)C(=O)Nc3ccccc34)cccn2n1. The van der Waals surface area contributed by atoms with Gasteiger partial charge in [-0.15, -0.1) is 0 Å². The van der Waals surface area contributed by atoms with E-state index >= 15 is 0 Å². The molecule has 3 aromatic rings. The summed E-state index contributed by atoms with van der Waals surface area (Å²) in [4.78, 5) is 31.9. The van der Waals surface area contributed by atoms with Gasteiger partial charge in [-0.25, -0.2) is 14.3 Å². The van der Waals surface area contributed by atoms with Gasteiger partial charge in [0.15, 0.2) is 5.65 Å². The zero-order valence-corrected chi connectivity index (χ0v) is 15.5. The number of anilines is 2. The Bertz CT molecular complexity index is 1110. The van der Waals surface area contributed by atoms with Gasteiger partial charge in [-0.3, -0.25) is 4.79 Å². The lowest BCUT2D eigenvalue weighted by Gasteiger charge is -2.38. The second-order valence-electron chi connectivity index (χ2n) is 7.39. The number of urea groups is 1. The van der Waals surface area contributed by atoms with Gasteiger partial charge >= 0.3 is 6.03 Å². The van der Waals surface area contributed by atoms with Gasteiger partial charge in [0.25, 0.3) is 0 Å². The average Bonchev–Trinajstić information content (AvgIpc) is 3.20. The summed E-state index contributed by atoms with van der Waals surface area (Å²) in [5.41, 5.74) is 2.35. The lowest BCUT2D eigenvalue weighted by atomic mass is 9.75. The molecular weight excluding hydrogens is 356 g/mol. The molecule has 4 heterocycles. The number of nitrogens with zero attached hydrogens (tertiary/aromatic N) is 4. The molecule has 3 amide bonds. The van der Waals surface area contributed by atoms with Crippen LogP contribution in [0.1, 0.15) is 24.2 Å². The standard InChI is InChI=1S/C20H20N6O2/c1-13-21-17-16(8-4-11-26(17)24-13)23-19(28)25-10-5-9-20(12-25)14-6-2-3-7-15(14)22-18(20)27/h2-4,6-8,11H,5,9-10,12H2,1H3,(H,22,27)(H,23,28)/t20-/m0/s1. The summed E-state index contributed by atoms with van der Waals surface area (Å²) in [6.07, 6.45) is 3.29. The molecule has 0 radical (unpaired) electrons. The van der Waals surface area contributed by atoms with Crippen LogP contribution in [0.15, 0.2) is 42.6 Å². The van der Waals surface area contributed by atoms with Gasteiger partial charge in [0.1, 0.15) is 5.82 Å². The normalized spacial score (nSPS) is 21.0. The van der Waals surface area contributed by atoms with Crippen molar-refractivity contribution < 1.29 is 9.59 Å². The van der Waals surface area contributed by atoms with E-state index in [1.165, 1.54) is 0 Å². The largest absolute Gasteiger partial charge is 0.325 e. The van der Waals surface area contributed by atoms with Crippen molar-refractivity contribution in [2.24, 2.45) is 0 Å². The smallest absolute Gasteiger partial charge is 0.321 e. The predicted octanol–water partition coefficient (Wildman–Crippen LogP) is 2.56. The zero-order chi connectivity index (χ0) is 19.3. The Labute approximate surface area is 161 Å². The molecule has 0 bridgehead atoms. The van der Waals surface area contributed by atoms with E-state index < -0.39 is 5.41 Å². The minimum Gasteiger partial charge on any atom is -0.325 e. The highest BCUT2D eigenvalue weighted by Gasteiger charge is 2.49. The molecule has 0 saturated carbocycles. The second-order valence-corrected chi connectivity index (χ2v) is 7.39. The van der Waals surface area contributed by atoms with Crippen molar-refractivity contribution in [2.45, 2.75) is 25.2 Å². The quantitative estimate of drug-likeness (QED) is 0.683. The van der Waals surface area contributed by atoms with Crippen molar-refractivity contribution in [2.75, 3.05) is 23.7 Å². The Morgan fingerprint density at radius 3 is 3.00 bits per heavy atom. The molecule has 2 N–H and O–H groups in total. The average molecular weight is 376 g/mol. The van der Waals surface area contributed by atoms with E-state index in [2.05, 4.69) is 20.7 Å². The number of piperidine rings is 1. The summed E-state index contributed by atoms with van der Waals surface area (Å²) in [5, 5.41) is 10.2. The van der Waals surface area contributed by atoms with Gasteiger partial charge in [-0.2, -0.15) is 5.10 Å². The number of aromatic nitrogens is 3. The van der Waals surface area contributed by atoms with E-state index in [9.17, 15) is 9.59 Å². The van der Waals surface area contributed by atoms with E-state index in [4.69, 9.17) is 0 Å². The van der Waals surface area contributed by atoms with Crippen molar-refractivity contribution in [1.29, 1.82) is 0 Å². The van der Waals surface area contributed by atoms with Crippen LogP contribution in [-0.2, 0) is 10.2 Å². The Kier molecular flexibility index (Phi) is 3.61. The Morgan fingerprint density at radius 2 is 2.11 bits per heavy atom. The molecule has 1 fully saturated rings. The molecule has 0 aliphatic carbocycles. The molecule has 8 heteroatoms. The van der Waals surface area contributed by atoms with Crippen LogP contribution in [0.4, 0.5) is 16.2 Å². The molecule has 8 nitrogen and oxygen atoms in total. The number of hydrogen-bond acceptors (Lipinski definition) is 4. The van der Waals surface area contributed by atoms with E-state index in [0.717, 1.165) is 24.1 Å². The Morgan fingerprint density at radius 1 is 1.25 bits per heavy atom. The Hall–Kier alpha value is -3.42. The molecule has 5 rings (SSSR count). The van der Waals surface area contributed by atoms with Crippen molar-refractivity contribution in [3.8, 4) is 0 Å². The first-order valence-electron chi connectivity index (χ1n) is 9.36. The lowest BCUT2D eigenvalue weighted by Crippen LogP contribution is -2.52. The summed E-state index contributed by atoms with van der Waals surface area (Å²) >= 11 is 0. The summed E-state index contributed by atoms with van der Waals surface area (Å²) in [6.45, 7) is 2.78. The number of fused-ring (bicyclic) bond motifs is 3. The van der Waals surface area contributed by atoms with E-state index in [1.807, 2.05) is 37.3 Å². The molecule has 2 aliphatic heterocycles. The zero-order valence-electron chi connectivity index (χ0n) is 15.5. The highest BCUT2D eigenvalue weighted by atomic mass is 16.2. The number of rotatable bonds is 1. The van der Waals surface area contributed by atoms with Crippen LogP contribution in [0.5, 0.6) is 0 Å². The van der Waals surface area contributed by atoms with Crippen molar-refractivity contribution in [1.82, 2.24) is 19.5 Å². The predicted molar refractivity (Wildman–Crippen MR) is 104 cm³/mol. The molecule has 1 saturated heterocycles. The van der Waals surface area contributed by atoms with Crippen molar-refractivity contribution >= 4 is 29.0 Å². The van der Waals surface area contributed by atoms with Crippen LogP contribution in [0, 0.1) is 6.92 Å². The number of benzene rings is 1. The number of aryl methyl sites for hydroxylation is 1. The summed E-state index contributed by atoms with van der Waals surface area (Å²) in [7, 11) is 0. The number of nitrogens with one attached hydrogen (secondary N) is 2. The maximum Gasteiger partial charge on any atom is 0.321 e. The van der Waals surface area contributed by atoms with Gasteiger partial charge < -0.3 is 15.5 Å². The molecule has 142 valence electrons. The Balaban J connectivity index is 1.42. The summed E-state index contributed by atoms with van der Waals surface area (Å²) in [5.74, 6) is 0.610. The van der Waals surface area contributed by atoms with E-state index in [-0.39, 0.29) is 11.9 Å². The first-order valence-corrected chi connectivity index (χ1v) is 9.36. The third kappa shape index (κ3) is 2.45. The van der Waals surface area contributed by atoms with Crippen LogP contribution in [-0.4, -0.2) is 44.5 Å². The van der Waals surface area contributed by atoms with E-state index in [1.54, 1.807) is 21.7 Å². The van der Waals surface area contributed by atoms with Gasteiger partial charge in [-0.05, 0) is 43.5 Å². The van der Waals surface area contributed by atoms with Gasteiger partial charge in [-0.1, -0.05) is 18.2 Å². The summed E-state index contributed by atoms with van der Waals surface area (Å²) < 4.78 is 1.64.